The smallest absolute Gasteiger partial charge is 0.326 e. The number of rotatable bonds is 14. The van der Waals surface area contributed by atoms with Gasteiger partial charge in [0.05, 0.1) is 12.7 Å². The quantitative estimate of drug-likeness (QED) is 0.106. The number of hydrogen-bond acceptors (Lipinski definition) is 8. The van der Waals surface area contributed by atoms with Gasteiger partial charge in [0, 0.05) is 13.0 Å². The van der Waals surface area contributed by atoms with Gasteiger partial charge in [0.2, 0.25) is 0 Å². The summed E-state index contributed by atoms with van der Waals surface area (Å²) in [5.41, 5.74) is 6.29. The van der Waals surface area contributed by atoms with Crippen molar-refractivity contribution in [3.8, 4) is 11.5 Å². The van der Waals surface area contributed by atoms with Gasteiger partial charge >= 0.3 is 11.9 Å². The number of nitrogens with one attached hydrogen (secondary N) is 2. The molecule has 0 unspecified atom stereocenters. The highest BCUT2D eigenvalue weighted by Gasteiger charge is 2.23. The lowest BCUT2D eigenvalue weighted by Crippen LogP contribution is -2.43. The number of aromatic hydroxyl groups is 2. The molecule has 0 aliphatic rings. The lowest BCUT2D eigenvalue weighted by Gasteiger charge is -2.16. The number of nitrogens with two attached hydrogens (primary N) is 1. The Hall–Kier alpha value is -4.58. The van der Waals surface area contributed by atoms with Crippen LogP contribution in [0.25, 0.3) is 6.08 Å². The SMILES string of the molecule is COC(=Cc1ccc(O)c(C(=O)NCCCC[C@H](N)C(=O)O)c1)C(=O)N[C@@H](Cc1ccc(O)cc1)C(=O)O. The zero-order chi connectivity index (χ0) is 28.2. The third kappa shape index (κ3) is 9.13. The first-order chi connectivity index (χ1) is 18.0. The topological polar surface area (TPSA) is 209 Å². The average Bonchev–Trinajstić information content (AvgIpc) is 2.88. The van der Waals surface area contributed by atoms with Crippen LogP contribution in [-0.2, 0) is 25.5 Å². The van der Waals surface area contributed by atoms with Crippen molar-refractivity contribution in [2.24, 2.45) is 5.73 Å². The average molecular weight is 530 g/mol. The number of carbonyl (C=O) groups is 4. The number of carboxylic acids is 2. The molecule has 204 valence electrons. The molecule has 2 aromatic rings. The molecule has 0 aromatic heterocycles. The van der Waals surface area contributed by atoms with Crippen LogP contribution in [0.4, 0.5) is 0 Å². The molecule has 0 fully saturated rings. The Kier molecular flexibility index (Phi) is 11.1. The van der Waals surface area contributed by atoms with E-state index in [4.69, 9.17) is 15.6 Å². The maximum absolute atomic E-state index is 12.7. The fraction of sp³-hybridized carbons (Fsp3) is 0.308. The van der Waals surface area contributed by atoms with Gasteiger partial charge in [0.1, 0.15) is 23.6 Å². The molecule has 0 radical (unpaired) electrons. The molecule has 0 saturated carbocycles. The van der Waals surface area contributed by atoms with Gasteiger partial charge in [-0.15, -0.1) is 0 Å². The Labute approximate surface area is 218 Å². The van der Waals surface area contributed by atoms with E-state index in [-0.39, 0.29) is 42.2 Å². The molecule has 0 aliphatic carbocycles. The number of ether oxygens (including phenoxy) is 1. The summed E-state index contributed by atoms with van der Waals surface area (Å²) in [4.78, 5) is 47.7. The first-order valence-electron chi connectivity index (χ1n) is 11.7. The number of aliphatic carboxylic acids is 2. The zero-order valence-electron chi connectivity index (χ0n) is 20.7. The Bertz CT molecular complexity index is 1180. The molecule has 12 nitrogen and oxygen atoms in total. The second-order valence-electron chi connectivity index (χ2n) is 8.42. The van der Waals surface area contributed by atoms with Crippen LogP contribution < -0.4 is 16.4 Å². The highest BCUT2D eigenvalue weighted by atomic mass is 16.5. The molecule has 2 rings (SSSR count). The number of hydrogen-bond donors (Lipinski definition) is 7. The maximum atomic E-state index is 12.7. The summed E-state index contributed by atoms with van der Waals surface area (Å²) in [6.07, 6.45) is 2.48. The van der Waals surface area contributed by atoms with Crippen molar-refractivity contribution in [2.45, 2.75) is 37.8 Å². The lowest BCUT2D eigenvalue weighted by atomic mass is 10.1. The largest absolute Gasteiger partial charge is 0.508 e. The highest BCUT2D eigenvalue weighted by Crippen LogP contribution is 2.21. The molecule has 0 spiro atoms. The van der Waals surface area contributed by atoms with Gasteiger partial charge in [-0.25, -0.2) is 4.79 Å². The number of carbonyl (C=O) groups excluding carboxylic acids is 2. The molecule has 2 amide bonds. The minimum absolute atomic E-state index is 0.0247. The highest BCUT2D eigenvalue weighted by molar-refractivity contribution is 6.00. The Balaban J connectivity index is 2.06. The summed E-state index contributed by atoms with van der Waals surface area (Å²) < 4.78 is 5.13. The summed E-state index contributed by atoms with van der Waals surface area (Å²) in [5, 5.41) is 42.8. The van der Waals surface area contributed by atoms with Crippen molar-refractivity contribution >= 4 is 29.8 Å². The summed E-state index contributed by atoms with van der Waals surface area (Å²) >= 11 is 0. The number of benzene rings is 2. The number of unbranched alkanes of at least 4 members (excludes halogenated alkanes) is 1. The van der Waals surface area contributed by atoms with Gasteiger partial charge in [-0.05, 0) is 60.7 Å². The van der Waals surface area contributed by atoms with Gasteiger partial charge in [-0.2, -0.15) is 0 Å². The molecule has 38 heavy (non-hydrogen) atoms. The third-order valence-corrected chi connectivity index (χ3v) is 5.53. The van der Waals surface area contributed by atoms with Crippen LogP contribution in [0.2, 0.25) is 0 Å². The molecule has 0 bridgehead atoms. The first-order valence-corrected chi connectivity index (χ1v) is 11.7. The van der Waals surface area contributed by atoms with Crippen molar-refractivity contribution in [1.82, 2.24) is 10.6 Å². The molecule has 12 heteroatoms. The van der Waals surface area contributed by atoms with E-state index in [9.17, 15) is 34.5 Å². The van der Waals surface area contributed by atoms with E-state index in [1.807, 2.05) is 0 Å². The van der Waals surface area contributed by atoms with Crippen LogP contribution in [0.1, 0.15) is 40.7 Å². The van der Waals surface area contributed by atoms with Gasteiger partial charge in [0.25, 0.3) is 11.8 Å². The van der Waals surface area contributed by atoms with Crippen LogP contribution in [0.15, 0.2) is 48.2 Å². The fourth-order valence-corrected chi connectivity index (χ4v) is 3.40. The van der Waals surface area contributed by atoms with Crippen molar-refractivity contribution in [2.75, 3.05) is 13.7 Å². The molecular formula is C26H31N3O9. The Morgan fingerprint density at radius 1 is 1.00 bits per heavy atom. The van der Waals surface area contributed by atoms with Gasteiger partial charge in [0.15, 0.2) is 5.76 Å². The van der Waals surface area contributed by atoms with E-state index in [2.05, 4.69) is 10.6 Å². The number of carboxylic acid groups (broad SMARTS) is 2. The minimum atomic E-state index is -1.28. The summed E-state index contributed by atoms with van der Waals surface area (Å²) in [7, 11) is 1.23. The van der Waals surface area contributed by atoms with Gasteiger partial charge in [-0.1, -0.05) is 18.2 Å². The van der Waals surface area contributed by atoms with Crippen LogP contribution >= 0.6 is 0 Å². The number of methoxy groups -OCH3 is 1. The van der Waals surface area contributed by atoms with Crippen molar-refractivity contribution in [1.29, 1.82) is 0 Å². The van der Waals surface area contributed by atoms with E-state index in [1.54, 1.807) is 12.1 Å². The van der Waals surface area contributed by atoms with E-state index in [0.717, 1.165) is 0 Å². The molecular weight excluding hydrogens is 498 g/mol. The van der Waals surface area contributed by atoms with E-state index in [0.29, 0.717) is 24.0 Å². The van der Waals surface area contributed by atoms with Gasteiger partial charge < -0.3 is 41.5 Å². The zero-order valence-corrected chi connectivity index (χ0v) is 20.7. The third-order valence-electron chi connectivity index (χ3n) is 5.53. The monoisotopic (exact) mass is 529 g/mol. The molecule has 2 aromatic carbocycles. The van der Waals surface area contributed by atoms with Crippen molar-refractivity contribution in [3.63, 3.8) is 0 Å². The second-order valence-corrected chi connectivity index (χ2v) is 8.42. The minimum Gasteiger partial charge on any atom is -0.508 e. The molecule has 2 atom stereocenters. The summed E-state index contributed by atoms with van der Waals surface area (Å²) in [5.74, 6) is -4.25. The summed E-state index contributed by atoms with van der Waals surface area (Å²) in [6, 6.07) is 7.69. The predicted octanol–water partition coefficient (Wildman–Crippen LogP) is 1.21. The van der Waals surface area contributed by atoms with Crippen LogP contribution in [0.5, 0.6) is 11.5 Å². The van der Waals surface area contributed by atoms with Crippen LogP contribution in [0.3, 0.4) is 0 Å². The van der Waals surface area contributed by atoms with E-state index >= 15 is 0 Å². The van der Waals surface area contributed by atoms with Crippen LogP contribution in [0, 0.1) is 0 Å². The van der Waals surface area contributed by atoms with Crippen molar-refractivity contribution < 1.29 is 44.3 Å². The fourth-order valence-electron chi connectivity index (χ4n) is 3.40. The molecule has 0 saturated heterocycles. The Morgan fingerprint density at radius 3 is 2.29 bits per heavy atom. The summed E-state index contributed by atoms with van der Waals surface area (Å²) in [6.45, 7) is 0.230. The lowest BCUT2D eigenvalue weighted by molar-refractivity contribution is -0.141. The maximum Gasteiger partial charge on any atom is 0.326 e. The Morgan fingerprint density at radius 2 is 1.68 bits per heavy atom. The number of phenolic OH excluding ortho intramolecular Hbond substituents is 2. The van der Waals surface area contributed by atoms with E-state index in [1.165, 1.54) is 43.5 Å². The predicted molar refractivity (Wildman–Crippen MR) is 136 cm³/mol. The molecule has 0 aliphatic heterocycles. The van der Waals surface area contributed by atoms with Gasteiger partial charge in [-0.3, -0.25) is 14.4 Å². The molecule has 8 N–H and O–H groups in total. The second kappa shape index (κ2) is 14.2. The molecule has 0 heterocycles. The van der Waals surface area contributed by atoms with Crippen molar-refractivity contribution in [3.05, 3.63) is 64.9 Å². The van der Waals surface area contributed by atoms with E-state index < -0.39 is 35.8 Å². The first kappa shape index (κ1) is 29.6. The normalized spacial score (nSPS) is 12.7. The number of amides is 2. The van der Waals surface area contributed by atoms with Crippen LogP contribution in [-0.4, -0.2) is 69.9 Å². The standard InChI is InChI=1S/C26H31N3O9/c1-38-22(24(33)29-20(26(36)37)13-15-5-8-17(30)9-6-15)14-16-7-10-21(31)18(12-16)23(32)28-11-3-2-4-19(27)25(34)35/h5-10,12,14,19-20,30-31H,2-4,11,13,27H2,1H3,(H,28,32)(H,29,33)(H,34,35)(H,36,37)/t19-,20-/m0/s1. The number of phenols is 2.